The molecular formula is C13H25Cl2N5O. The molecule has 0 unspecified atom stereocenters. The lowest BCUT2D eigenvalue weighted by molar-refractivity contribution is -0.118. The average molecular weight is 338 g/mol. The number of nitrogens with one attached hydrogen (secondary N) is 2. The van der Waals surface area contributed by atoms with Crippen molar-refractivity contribution in [1.82, 2.24) is 20.0 Å². The monoisotopic (exact) mass is 337 g/mol. The van der Waals surface area contributed by atoms with Gasteiger partial charge in [0, 0.05) is 18.8 Å². The third-order valence-electron chi connectivity index (χ3n) is 3.30. The molecule has 1 aliphatic rings. The van der Waals surface area contributed by atoms with Crippen LogP contribution in [0.15, 0.2) is 12.3 Å². The summed E-state index contributed by atoms with van der Waals surface area (Å²) in [5, 5.41) is 10.5. The van der Waals surface area contributed by atoms with Crippen LogP contribution in [0.5, 0.6) is 0 Å². The predicted octanol–water partition coefficient (Wildman–Crippen LogP) is 1.37. The Labute approximate surface area is 138 Å². The number of carbonyl (C=O) groups excluding carboxylic acids is 1. The van der Waals surface area contributed by atoms with Gasteiger partial charge in [0.05, 0.1) is 12.6 Å². The Morgan fingerprint density at radius 1 is 1.48 bits per heavy atom. The maximum Gasteiger partial charge on any atom is 0.242 e. The van der Waals surface area contributed by atoms with Gasteiger partial charge in [-0.3, -0.25) is 9.48 Å². The highest BCUT2D eigenvalue weighted by Crippen LogP contribution is 2.10. The van der Waals surface area contributed by atoms with E-state index in [1.54, 1.807) is 0 Å². The summed E-state index contributed by atoms with van der Waals surface area (Å²) in [6.45, 7) is 2.68. The topological polar surface area (TPSA) is 62.2 Å². The number of aromatic nitrogens is 2. The largest absolute Gasteiger partial charge is 0.308 e. The van der Waals surface area contributed by atoms with Gasteiger partial charge in [0.15, 0.2) is 5.82 Å². The smallest absolute Gasteiger partial charge is 0.242 e. The summed E-state index contributed by atoms with van der Waals surface area (Å²) < 4.78 is 1.85. The van der Waals surface area contributed by atoms with Crippen molar-refractivity contribution in [2.45, 2.75) is 31.8 Å². The molecule has 8 heteroatoms. The van der Waals surface area contributed by atoms with E-state index in [0.717, 1.165) is 38.9 Å². The molecule has 0 aliphatic carbocycles. The average Bonchev–Trinajstić information content (AvgIpc) is 2.85. The second-order valence-electron chi connectivity index (χ2n) is 5.26. The molecule has 1 aromatic heterocycles. The summed E-state index contributed by atoms with van der Waals surface area (Å²) in [6.07, 6.45) is 5.08. The van der Waals surface area contributed by atoms with Crippen molar-refractivity contribution < 1.29 is 4.79 Å². The summed E-state index contributed by atoms with van der Waals surface area (Å²) in [4.78, 5) is 14.1. The Kier molecular flexibility index (Phi) is 9.61. The second kappa shape index (κ2) is 10.00. The van der Waals surface area contributed by atoms with E-state index in [1.165, 1.54) is 0 Å². The standard InChI is InChI=1S/C13H23N5O.2ClH/c1-17(2)9-10-18-8-6-12(16-18)15-13(19)11-5-3-4-7-14-11;;/h6,8,11,14H,3-5,7,9-10H2,1-2H3,(H,15,16,19);2*1H/t11-;;/m1../s1. The van der Waals surface area contributed by atoms with E-state index in [9.17, 15) is 4.79 Å². The lowest BCUT2D eigenvalue weighted by Gasteiger charge is -2.21. The Morgan fingerprint density at radius 2 is 2.24 bits per heavy atom. The maximum atomic E-state index is 12.0. The minimum Gasteiger partial charge on any atom is -0.308 e. The maximum absolute atomic E-state index is 12.0. The first-order chi connectivity index (χ1) is 9.15. The van der Waals surface area contributed by atoms with E-state index in [4.69, 9.17) is 0 Å². The van der Waals surface area contributed by atoms with Crippen LogP contribution in [-0.2, 0) is 11.3 Å². The van der Waals surface area contributed by atoms with E-state index in [-0.39, 0.29) is 36.8 Å². The first-order valence-electron chi connectivity index (χ1n) is 6.87. The highest BCUT2D eigenvalue weighted by Gasteiger charge is 2.20. The fourth-order valence-electron chi connectivity index (χ4n) is 2.14. The normalized spacial score (nSPS) is 17.8. The van der Waals surface area contributed by atoms with Gasteiger partial charge >= 0.3 is 0 Å². The van der Waals surface area contributed by atoms with Crippen LogP contribution in [0.4, 0.5) is 5.82 Å². The quantitative estimate of drug-likeness (QED) is 0.851. The van der Waals surface area contributed by atoms with Crippen LogP contribution in [0.2, 0.25) is 0 Å². The third kappa shape index (κ3) is 6.65. The first-order valence-corrected chi connectivity index (χ1v) is 6.87. The van der Waals surface area contributed by atoms with E-state index in [2.05, 4.69) is 20.6 Å². The van der Waals surface area contributed by atoms with Crippen molar-refractivity contribution >= 4 is 36.5 Å². The molecule has 2 rings (SSSR count). The van der Waals surface area contributed by atoms with Crippen molar-refractivity contribution in [3.8, 4) is 0 Å². The van der Waals surface area contributed by atoms with Crippen LogP contribution >= 0.6 is 24.8 Å². The number of hydrogen-bond donors (Lipinski definition) is 2. The number of likely N-dealkylation sites (N-methyl/N-ethyl adjacent to an activating group) is 1. The van der Waals surface area contributed by atoms with E-state index < -0.39 is 0 Å². The van der Waals surface area contributed by atoms with E-state index >= 15 is 0 Å². The van der Waals surface area contributed by atoms with Gasteiger partial charge in [-0.15, -0.1) is 24.8 Å². The minimum atomic E-state index is -0.0688. The van der Waals surface area contributed by atoms with E-state index in [1.807, 2.05) is 31.0 Å². The molecule has 0 spiro atoms. The SMILES string of the molecule is CN(C)CCn1ccc(NC(=O)[C@H]2CCCCN2)n1.Cl.Cl. The molecule has 1 aliphatic heterocycles. The van der Waals surface area contributed by atoms with Crippen molar-refractivity contribution in [3.05, 3.63) is 12.3 Å². The molecule has 1 saturated heterocycles. The lowest BCUT2D eigenvalue weighted by Crippen LogP contribution is -2.43. The Bertz CT molecular complexity index is 418. The van der Waals surface area contributed by atoms with Crippen LogP contribution in [0.25, 0.3) is 0 Å². The fraction of sp³-hybridized carbons (Fsp3) is 0.692. The molecule has 122 valence electrons. The van der Waals surface area contributed by atoms with Crippen molar-refractivity contribution in [2.75, 3.05) is 32.5 Å². The summed E-state index contributed by atoms with van der Waals surface area (Å²) >= 11 is 0. The fourth-order valence-corrected chi connectivity index (χ4v) is 2.14. The highest BCUT2D eigenvalue weighted by atomic mass is 35.5. The lowest BCUT2D eigenvalue weighted by atomic mass is 10.0. The summed E-state index contributed by atoms with van der Waals surface area (Å²) in [7, 11) is 4.06. The molecule has 1 fully saturated rings. The van der Waals surface area contributed by atoms with Gasteiger partial charge in [0.25, 0.3) is 0 Å². The molecule has 6 nitrogen and oxygen atoms in total. The number of carbonyl (C=O) groups is 1. The number of nitrogens with zero attached hydrogens (tertiary/aromatic N) is 3. The van der Waals surface area contributed by atoms with Crippen LogP contribution in [-0.4, -0.2) is 53.8 Å². The molecule has 0 radical (unpaired) electrons. The summed E-state index contributed by atoms with van der Waals surface area (Å²) in [5.41, 5.74) is 0. The van der Waals surface area contributed by atoms with Crippen LogP contribution in [0.1, 0.15) is 19.3 Å². The molecule has 1 amide bonds. The molecular weight excluding hydrogens is 313 g/mol. The zero-order chi connectivity index (χ0) is 13.7. The predicted molar refractivity (Wildman–Crippen MR) is 89.5 cm³/mol. The number of halogens is 2. The summed E-state index contributed by atoms with van der Waals surface area (Å²) in [6, 6.07) is 1.77. The van der Waals surface area contributed by atoms with Crippen LogP contribution < -0.4 is 10.6 Å². The zero-order valence-electron chi connectivity index (χ0n) is 12.5. The van der Waals surface area contributed by atoms with Crippen molar-refractivity contribution in [3.63, 3.8) is 0 Å². The van der Waals surface area contributed by atoms with Gasteiger partial charge in [0.2, 0.25) is 5.91 Å². The molecule has 21 heavy (non-hydrogen) atoms. The van der Waals surface area contributed by atoms with Gasteiger partial charge in [0.1, 0.15) is 0 Å². The van der Waals surface area contributed by atoms with E-state index in [0.29, 0.717) is 5.82 Å². The van der Waals surface area contributed by atoms with Gasteiger partial charge < -0.3 is 15.5 Å². The highest BCUT2D eigenvalue weighted by molar-refractivity contribution is 5.94. The molecule has 0 saturated carbocycles. The van der Waals surface area contributed by atoms with Gasteiger partial charge in [-0.2, -0.15) is 5.10 Å². The molecule has 1 aromatic rings. The molecule has 2 N–H and O–H groups in total. The number of anilines is 1. The molecule has 0 aromatic carbocycles. The number of rotatable bonds is 5. The number of hydrogen-bond acceptors (Lipinski definition) is 4. The minimum absolute atomic E-state index is 0. The first kappa shape index (κ1) is 20.2. The third-order valence-corrected chi connectivity index (χ3v) is 3.30. The Morgan fingerprint density at radius 3 is 2.86 bits per heavy atom. The van der Waals surface area contributed by atoms with Gasteiger partial charge in [-0.25, -0.2) is 0 Å². The van der Waals surface area contributed by atoms with Gasteiger partial charge in [-0.05, 0) is 33.5 Å². The Hall–Kier alpha value is -0.820. The molecule has 2 heterocycles. The number of amides is 1. The zero-order valence-corrected chi connectivity index (χ0v) is 14.2. The number of piperidine rings is 1. The van der Waals surface area contributed by atoms with Crippen molar-refractivity contribution in [2.24, 2.45) is 0 Å². The van der Waals surface area contributed by atoms with Crippen molar-refractivity contribution in [1.29, 1.82) is 0 Å². The van der Waals surface area contributed by atoms with Gasteiger partial charge in [-0.1, -0.05) is 6.42 Å². The Balaban J connectivity index is 0.00000200. The van der Waals surface area contributed by atoms with Crippen LogP contribution in [0, 0.1) is 0 Å². The van der Waals surface area contributed by atoms with Crippen LogP contribution in [0.3, 0.4) is 0 Å². The molecule has 0 bridgehead atoms. The molecule has 1 atom stereocenters. The summed E-state index contributed by atoms with van der Waals surface area (Å²) in [5.74, 6) is 0.661. The second-order valence-corrected chi connectivity index (χ2v) is 5.26.